The largest absolute Gasteiger partial charge is 0.493 e. The predicted molar refractivity (Wildman–Crippen MR) is 102 cm³/mol. The van der Waals surface area contributed by atoms with Crippen LogP contribution in [0.15, 0.2) is 12.1 Å². The molecule has 144 valence electrons. The van der Waals surface area contributed by atoms with Gasteiger partial charge in [0.2, 0.25) is 0 Å². The Kier molecular flexibility index (Phi) is 6.61. The first-order chi connectivity index (χ1) is 12.7. The predicted octanol–water partition coefficient (Wildman–Crippen LogP) is 2.65. The van der Waals surface area contributed by atoms with Crippen molar-refractivity contribution in [1.29, 1.82) is 0 Å². The van der Waals surface area contributed by atoms with Crippen LogP contribution in [-0.4, -0.2) is 62.8 Å². The number of nitrogens with one attached hydrogen (secondary N) is 1. The van der Waals surface area contributed by atoms with Crippen molar-refractivity contribution >= 4 is 6.03 Å². The fourth-order valence-electron chi connectivity index (χ4n) is 3.83. The van der Waals surface area contributed by atoms with Gasteiger partial charge in [0.25, 0.3) is 0 Å². The zero-order chi connectivity index (χ0) is 18.4. The van der Waals surface area contributed by atoms with Crippen LogP contribution < -0.4 is 14.8 Å². The van der Waals surface area contributed by atoms with Crippen LogP contribution in [0.5, 0.6) is 11.5 Å². The summed E-state index contributed by atoms with van der Waals surface area (Å²) >= 11 is 0. The maximum Gasteiger partial charge on any atom is 0.317 e. The first-order valence-electron chi connectivity index (χ1n) is 9.70. The number of ether oxygens (including phenoxy) is 2. The number of carbonyl (C=O) groups excluding carboxylic acids is 1. The van der Waals surface area contributed by atoms with Crippen LogP contribution in [0.3, 0.4) is 0 Å². The van der Waals surface area contributed by atoms with Gasteiger partial charge in [-0.15, -0.1) is 0 Å². The van der Waals surface area contributed by atoms with E-state index in [0.29, 0.717) is 6.54 Å². The zero-order valence-corrected chi connectivity index (χ0v) is 16.1. The molecule has 0 aromatic heterocycles. The number of nitrogens with zero attached hydrogens (tertiary/aromatic N) is 2. The SMILES string of the molecule is COc1cc2c(cc1OC)CN(C(=O)NCCCCN1CCCC1)CC2. The van der Waals surface area contributed by atoms with Crippen molar-refractivity contribution in [2.75, 3.05) is 46.9 Å². The smallest absolute Gasteiger partial charge is 0.317 e. The lowest BCUT2D eigenvalue weighted by atomic mass is 9.99. The summed E-state index contributed by atoms with van der Waals surface area (Å²) in [5.41, 5.74) is 2.37. The third-order valence-corrected chi connectivity index (χ3v) is 5.38. The van der Waals surface area contributed by atoms with Gasteiger partial charge in [-0.05, 0) is 75.0 Å². The van der Waals surface area contributed by atoms with E-state index >= 15 is 0 Å². The summed E-state index contributed by atoms with van der Waals surface area (Å²) in [6.45, 7) is 5.76. The third-order valence-electron chi connectivity index (χ3n) is 5.38. The highest BCUT2D eigenvalue weighted by molar-refractivity contribution is 5.74. The first kappa shape index (κ1) is 18.8. The van der Waals surface area contributed by atoms with Crippen molar-refractivity contribution in [2.45, 2.75) is 38.6 Å². The average Bonchev–Trinajstić information content (AvgIpc) is 3.19. The fourth-order valence-corrected chi connectivity index (χ4v) is 3.83. The Hall–Kier alpha value is -1.95. The normalized spacial score (nSPS) is 17.1. The Balaban J connectivity index is 1.44. The maximum atomic E-state index is 12.5. The molecule has 26 heavy (non-hydrogen) atoms. The van der Waals surface area contributed by atoms with Gasteiger partial charge in [0.15, 0.2) is 11.5 Å². The van der Waals surface area contributed by atoms with E-state index in [0.717, 1.165) is 56.0 Å². The number of hydrogen-bond donors (Lipinski definition) is 1. The van der Waals surface area contributed by atoms with Gasteiger partial charge >= 0.3 is 6.03 Å². The minimum Gasteiger partial charge on any atom is -0.493 e. The summed E-state index contributed by atoms with van der Waals surface area (Å²) < 4.78 is 10.8. The van der Waals surface area contributed by atoms with Gasteiger partial charge in [-0.2, -0.15) is 0 Å². The van der Waals surface area contributed by atoms with Crippen LogP contribution in [0.1, 0.15) is 36.8 Å². The minimum absolute atomic E-state index is 0.0339. The summed E-state index contributed by atoms with van der Waals surface area (Å²) in [5, 5.41) is 3.07. The fraction of sp³-hybridized carbons (Fsp3) is 0.650. The van der Waals surface area contributed by atoms with Crippen molar-refractivity contribution in [3.63, 3.8) is 0 Å². The molecule has 2 aliphatic rings. The number of fused-ring (bicyclic) bond motifs is 1. The lowest BCUT2D eigenvalue weighted by Gasteiger charge is -2.29. The van der Waals surface area contributed by atoms with Crippen LogP contribution >= 0.6 is 0 Å². The molecule has 1 saturated heterocycles. The van der Waals surface area contributed by atoms with E-state index in [2.05, 4.69) is 10.2 Å². The summed E-state index contributed by atoms with van der Waals surface area (Å²) in [6.07, 6.45) is 5.71. The first-order valence-corrected chi connectivity index (χ1v) is 9.70. The Morgan fingerprint density at radius 2 is 1.73 bits per heavy atom. The molecule has 6 heteroatoms. The summed E-state index contributed by atoms with van der Waals surface area (Å²) in [5.74, 6) is 1.47. The summed E-state index contributed by atoms with van der Waals surface area (Å²) in [7, 11) is 3.29. The number of methoxy groups -OCH3 is 2. The summed E-state index contributed by atoms with van der Waals surface area (Å²) in [6, 6.07) is 4.05. The number of rotatable bonds is 7. The molecule has 0 bridgehead atoms. The molecule has 6 nitrogen and oxygen atoms in total. The van der Waals surface area contributed by atoms with Gasteiger partial charge in [-0.1, -0.05) is 0 Å². The van der Waals surface area contributed by atoms with Crippen molar-refractivity contribution < 1.29 is 14.3 Å². The van der Waals surface area contributed by atoms with E-state index in [9.17, 15) is 4.79 Å². The highest BCUT2D eigenvalue weighted by atomic mass is 16.5. The topological polar surface area (TPSA) is 54.0 Å². The second-order valence-corrected chi connectivity index (χ2v) is 7.14. The number of hydrogen-bond acceptors (Lipinski definition) is 4. The van der Waals surface area contributed by atoms with E-state index in [1.807, 2.05) is 17.0 Å². The van der Waals surface area contributed by atoms with Crippen LogP contribution in [0.2, 0.25) is 0 Å². The standard InChI is InChI=1S/C20H31N3O3/c1-25-18-13-16-7-12-23(15-17(16)14-19(18)26-2)20(24)21-8-3-4-9-22-10-5-6-11-22/h13-14H,3-12,15H2,1-2H3,(H,21,24). The van der Waals surface area contributed by atoms with Crippen molar-refractivity contribution in [2.24, 2.45) is 0 Å². The Morgan fingerprint density at radius 3 is 2.42 bits per heavy atom. The molecule has 0 spiro atoms. The van der Waals surface area contributed by atoms with Gasteiger partial charge < -0.3 is 24.6 Å². The molecule has 1 aromatic carbocycles. The molecule has 1 N–H and O–H groups in total. The van der Waals surface area contributed by atoms with E-state index in [1.165, 1.54) is 31.5 Å². The van der Waals surface area contributed by atoms with Gasteiger partial charge in [0.05, 0.1) is 14.2 Å². The molecule has 0 radical (unpaired) electrons. The number of unbranched alkanes of at least 4 members (excludes halogenated alkanes) is 1. The molecule has 2 heterocycles. The van der Waals surface area contributed by atoms with Gasteiger partial charge in [-0.25, -0.2) is 4.79 Å². The molecule has 0 aliphatic carbocycles. The van der Waals surface area contributed by atoms with Gasteiger partial charge in [0.1, 0.15) is 0 Å². The van der Waals surface area contributed by atoms with Crippen molar-refractivity contribution in [3.05, 3.63) is 23.3 Å². The number of benzene rings is 1. The van der Waals surface area contributed by atoms with Crippen LogP contribution in [-0.2, 0) is 13.0 Å². The van der Waals surface area contributed by atoms with Crippen LogP contribution in [0, 0.1) is 0 Å². The lowest BCUT2D eigenvalue weighted by molar-refractivity contribution is 0.192. The number of amides is 2. The Morgan fingerprint density at radius 1 is 1.04 bits per heavy atom. The monoisotopic (exact) mass is 361 g/mol. The van der Waals surface area contributed by atoms with Crippen LogP contribution in [0.25, 0.3) is 0 Å². The maximum absolute atomic E-state index is 12.5. The summed E-state index contributed by atoms with van der Waals surface area (Å²) in [4.78, 5) is 16.9. The van der Waals surface area contributed by atoms with Crippen LogP contribution in [0.4, 0.5) is 4.79 Å². The number of likely N-dealkylation sites (tertiary alicyclic amines) is 1. The molecule has 0 saturated carbocycles. The zero-order valence-electron chi connectivity index (χ0n) is 16.1. The molecule has 0 unspecified atom stereocenters. The third kappa shape index (κ3) is 4.61. The number of urea groups is 1. The lowest BCUT2D eigenvalue weighted by Crippen LogP contribution is -2.43. The molecule has 2 amide bonds. The average molecular weight is 361 g/mol. The Bertz CT molecular complexity index is 615. The van der Waals surface area contributed by atoms with E-state index in [4.69, 9.17) is 9.47 Å². The van der Waals surface area contributed by atoms with E-state index in [1.54, 1.807) is 14.2 Å². The van der Waals surface area contributed by atoms with Crippen molar-refractivity contribution in [3.8, 4) is 11.5 Å². The van der Waals surface area contributed by atoms with Crippen molar-refractivity contribution in [1.82, 2.24) is 15.1 Å². The molecular weight excluding hydrogens is 330 g/mol. The quantitative estimate of drug-likeness (QED) is 0.759. The second-order valence-electron chi connectivity index (χ2n) is 7.14. The van der Waals surface area contributed by atoms with E-state index < -0.39 is 0 Å². The molecule has 0 atom stereocenters. The highest BCUT2D eigenvalue weighted by Crippen LogP contribution is 2.33. The molecular formula is C20H31N3O3. The molecule has 3 rings (SSSR count). The highest BCUT2D eigenvalue weighted by Gasteiger charge is 2.22. The minimum atomic E-state index is 0.0339. The molecule has 1 fully saturated rings. The Labute approximate surface area is 156 Å². The second kappa shape index (κ2) is 9.12. The molecule has 2 aliphatic heterocycles. The van der Waals surface area contributed by atoms with Gasteiger partial charge in [0, 0.05) is 19.6 Å². The van der Waals surface area contributed by atoms with E-state index in [-0.39, 0.29) is 6.03 Å². The molecule has 1 aromatic rings. The van der Waals surface area contributed by atoms with Gasteiger partial charge in [-0.3, -0.25) is 0 Å². The number of carbonyl (C=O) groups is 1.